The number of sulfonamides is 1. The Morgan fingerprint density at radius 3 is 2.28 bits per heavy atom. The van der Waals surface area contributed by atoms with Crippen molar-refractivity contribution in [1.82, 2.24) is 4.31 Å². The summed E-state index contributed by atoms with van der Waals surface area (Å²) in [5.41, 5.74) is 0.545. The minimum Gasteiger partial charge on any atom is -0.495 e. The molecule has 0 unspecified atom stereocenters. The molecule has 1 saturated heterocycles. The second-order valence-electron chi connectivity index (χ2n) is 6.71. The first-order valence-electron chi connectivity index (χ1n) is 9.36. The molecule has 1 aliphatic heterocycles. The Morgan fingerprint density at radius 2 is 1.69 bits per heavy atom. The molecule has 3 rings (SSSR count). The van der Waals surface area contributed by atoms with Gasteiger partial charge >= 0.3 is 5.97 Å². The molecule has 0 spiro atoms. The molecule has 8 heteroatoms. The third-order valence-electron chi connectivity index (χ3n) is 4.78. The van der Waals surface area contributed by atoms with E-state index in [-0.39, 0.29) is 22.0 Å². The second-order valence-corrected chi connectivity index (χ2v) is 8.62. The summed E-state index contributed by atoms with van der Waals surface area (Å²) in [6, 6.07) is 12.3. The van der Waals surface area contributed by atoms with Crippen molar-refractivity contribution >= 4 is 16.0 Å². The van der Waals surface area contributed by atoms with Gasteiger partial charge in [-0.3, -0.25) is 0 Å². The highest BCUT2D eigenvalue weighted by Crippen LogP contribution is 2.30. The molecule has 0 radical (unpaired) electrons. The van der Waals surface area contributed by atoms with Crippen LogP contribution in [-0.2, 0) is 10.0 Å². The number of carbonyl (C=O) groups excluding carboxylic acids is 1. The Balaban J connectivity index is 1.89. The molecule has 0 atom stereocenters. The fourth-order valence-electron chi connectivity index (χ4n) is 3.19. The van der Waals surface area contributed by atoms with Crippen LogP contribution in [0.1, 0.15) is 41.6 Å². The molecule has 0 amide bonds. The molecule has 0 bridgehead atoms. The summed E-state index contributed by atoms with van der Waals surface area (Å²) in [6.45, 7) is 0.900. The standard InChI is InChI=1S/C21H22N2O5S/c1-27-19-11-8-17(21(24)28-18-9-6-16(15-22)7-10-18)14-20(19)29(25,26)23-12-4-2-3-5-13-23/h6-11,14H,2-5,12-13H2,1H3. The van der Waals surface area contributed by atoms with Crippen molar-refractivity contribution in [2.75, 3.05) is 20.2 Å². The van der Waals surface area contributed by atoms with E-state index in [9.17, 15) is 13.2 Å². The van der Waals surface area contributed by atoms with Gasteiger partial charge < -0.3 is 9.47 Å². The van der Waals surface area contributed by atoms with Crippen LogP contribution >= 0.6 is 0 Å². The van der Waals surface area contributed by atoms with Crippen LogP contribution in [0.2, 0.25) is 0 Å². The fourth-order valence-corrected chi connectivity index (χ4v) is 4.89. The molecule has 0 saturated carbocycles. The second kappa shape index (κ2) is 9.07. The van der Waals surface area contributed by atoms with Crippen LogP contribution in [0, 0.1) is 11.3 Å². The minimum atomic E-state index is -3.80. The summed E-state index contributed by atoms with van der Waals surface area (Å²) in [4.78, 5) is 12.5. The van der Waals surface area contributed by atoms with Crippen LogP contribution in [0.5, 0.6) is 11.5 Å². The maximum Gasteiger partial charge on any atom is 0.343 e. The Hall–Kier alpha value is -2.89. The summed E-state index contributed by atoms with van der Waals surface area (Å²) in [7, 11) is -2.41. The molecule has 29 heavy (non-hydrogen) atoms. The monoisotopic (exact) mass is 414 g/mol. The van der Waals surface area contributed by atoms with E-state index in [0.29, 0.717) is 18.7 Å². The SMILES string of the molecule is COc1ccc(C(=O)Oc2ccc(C#N)cc2)cc1S(=O)(=O)N1CCCCCC1. The normalized spacial score (nSPS) is 15.2. The van der Waals surface area contributed by atoms with E-state index in [4.69, 9.17) is 14.7 Å². The molecule has 0 aromatic heterocycles. The number of methoxy groups -OCH3 is 1. The first-order valence-corrected chi connectivity index (χ1v) is 10.8. The van der Waals surface area contributed by atoms with E-state index in [2.05, 4.69) is 0 Å². The van der Waals surface area contributed by atoms with E-state index in [1.54, 1.807) is 0 Å². The maximum absolute atomic E-state index is 13.2. The van der Waals surface area contributed by atoms with Crippen molar-refractivity contribution in [3.8, 4) is 17.6 Å². The zero-order chi connectivity index (χ0) is 20.9. The zero-order valence-electron chi connectivity index (χ0n) is 16.1. The van der Waals surface area contributed by atoms with Gasteiger partial charge in [0.1, 0.15) is 16.4 Å². The molecule has 152 valence electrons. The number of ether oxygens (including phenoxy) is 2. The predicted molar refractivity (Wildman–Crippen MR) is 106 cm³/mol. The molecule has 1 heterocycles. The number of nitriles is 1. The number of benzene rings is 2. The third-order valence-corrected chi connectivity index (χ3v) is 6.70. The van der Waals surface area contributed by atoms with Crippen molar-refractivity contribution in [2.45, 2.75) is 30.6 Å². The van der Waals surface area contributed by atoms with Crippen LogP contribution in [0.25, 0.3) is 0 Å². The lowest BCUT2D eigenvalue weighted by Crippen LogP contribution is -2.32. The van der Waals surface area contributed by atoms with Gasteiger partial charge in [0.15, 0.2) is 0 Å². The topological polar surface area (TPSA) is 96.7 Å². The van der Waals surface area contributed by atoms with Crippen LogP contribution in [0.4, 0.5) is 0 Å². The van der Waals surface area contributed by atoms with Gasteiger partial charge in [-0.05, 0) is 55.3 Å². The average Bonchev–Trinajstić information content (AvgIpc) is 3.04. The lowest BCUT2D eigenvalue weighted by atomic mass is 10.2. The summed E-state index contributed by atoms with van der Waals surface area (Å²) >= 11 is 0. The molecule has 2 aromatic rings. The first-order chi connectivity index (χ1) is 14.0. The largest absolute Gasteiger partial charge is 0.495 e. The molecule has 0 N–H and O–H groups in total. The van der Waals surface area contributed by atoms with Crippen molar-refractivity contribution < 1.29 is 22.7 Å². The average molecular weight is 414 g/mol. The van der Waals surface area contributed by atoms with Gasteiger partial charge in [0.2, 0.25) is 10.0 Å². The van der Waals surface area contributed by atoms with E-state index >= 15 is 0 Å². The molecule has 1 fully saturated rings. The predicted octanol–water partition coefficient (Wildman–Crippen LogP) is 3.35. The number of carbonyl (C=O) groups is 1. The van der Waals surface area contributed by atoms with Crippen molar-refractivity contribution in [3.05, 3.63) is 53.6 Å². The number of hydrogen-bond donors (Lipinski definition) is 0. The number of hydrogen-bond acceptors (Lipinski definition) is 6. The van der Waals surface area contributed by atoms with Gasteiger partial charge in [-0.2, -0.15) is 9.57 Å². The Morgan fingerprint density at radius 1 is 1.03 bits per heavy atom. The molecule has 1 aliphatic rings. The van der Waals surface area contributed by atoms with E-state index in [1.807, 2.05) is 6.07 Å². The third kappa shape index (κ3) is 4.75. The molecule has 0 aliphatic carbocycles. The Kier molecular flexibility index (Phi) is 6.52. The molecule has 2 aromatic carbocycles. The van der Waals surface area contributed by atoms with Gasteiger partial charge in [0.05, 0.1) is 24.3 Å². The molecular formula is C21H22N2O5S. The number of rotatable bonds is 5. The molecule has 7 nitrogen and oxygen atoms in total. The van der Waals surface area contributed by atoms with Crippen LogP contribution in [-0.4, -0.2) is 38.9 Å². The van der Waals surface area contributed by atoms with E-state index in [1.165, 1.54) is 53.9 Å². The van der Waals surface area contributed by atoms with Crippen molar-refractivity contribution in [1.29, 1.82) is 5.26 Å². The van der Waals surface area contributed by atoms with Crippen molar-refractivity contribution in [3.63, 3.8) is 0 Å². The van der Waals surface area contributed by atoms with Gasteiger partial charge in [0.25, 0.3) is 0 Å². The van der Waals surface area contributed by atoms with Crippen molar-refractivity contribution in [2.24, 2.45) is 0 Å². The van der Waals surface area contributed by atoms with E-state index < -0.39 is 16.0 Å². The summed E-state index contributed by atoms with van der Waals surface area (Å²) in [5, 5.41) is 8.84. The lowest BCUT2D eigenvalue weighted by molar-refractivity contribution is 0.0734. The van der Waals surface area contributed by atoms with Gasteiger partial charge in [-0.25, -0.2) is 13.2 Å². The smallest absolute Gasteiger partial charge is 0.343 e. The van der Waals surface area contributed by atoms with Gasteiger partial charge in [-0.1, -0.05) is 12.8 Å². The summed E-state index contributed by atoms with van der Waals surface area (Å²) in [5.74, 6) is -0.240. The zero-order valence-corrected chi connectivity index (χ0v) is 16.9. The maximum atomic E-state index is 13.2. The van der Waals surface area contributed by atoms with Crippen LogP contribution in [0.15, 0.2) is 47.4 Å². The van der Waals surface area contributed by atoms with Crippen LogP contribution < -0.4 is 9.47 Å². The highest BCUT2D eigenvalue weighted by molar-refractivity contribution is 7.89. The van der Waals surface area contributed by atoms with Gasteiger partial charge in [0, 0.05) is 13.1 Å². The minimum absolute atomic E-state index is 0.0452. The highest BCUT2D eigenvalue weighted by atomic mass is 32.2. The first kappa shape index (κ1) is 20.8. The quantitative estimate of drug-likeness (QED) is 0.550. The van der Waals surface area contributed by atoms with Crippen LogP contribution in [0.3, 0.4) is 0 Å². The highest BCUT2D eigenvalue weighted by Gasteiger charge is 2.29. The lowest BCUT2D eigenvalue weighted by Gasteiger charge is -2.21. The van der Waals surface area contributed by atoms with Gasteiger partial charge in [-0.15, -0.1) is 0 Å². The fraction of sp³-hybridized carbons (Fsp3) is 0.333. The Labute approximate surface area is 170 Å². The number of esters is 1. The number of nitrogens with zero attached hydrogens (tertiary/aromatic N) is 2. The Bertz CT molecular complexity index is 1020. The summed E-state index contributed by atoms with van der Waals surface area (Å²) < 4.78 is 38.4. The molecular weight excluding hydrogens is 392 g/mol. The van der Waals surface area contributed by atoms with E-state index in [0.717, 1.165) is 25.7 Å². The summed E-state index contributed by atoms with van der Waals surface area (Å²) in [6.07, 6.45) is 3.62.